The molecule has 0 unspecified atom stereocenters. The van der Waals surface area contributed by atoms with Crippen LogP contribution in [0.3, 0.4) is 0 Å². The van der Waals surface area contributed by atoms with Crippen LogP contribution in [0.15, 0.2) is 41.2 Å². The largest absolute Gasteiger partial charge is 0.493 e. The second-order valence-corrected chi connectivity index (χ2v) is 7.29. The number of nitrogens with zero attached hydrogens (tertiary/aromatic N) is 2. The maximum atomic E-state index is 13.1. The van der Waals surface area contributed by atoms with E-state index in [2.05, 4.69) is 11.4 Å². The molecule has 1 aromatic heterocycles. The minimum absolute atomic E-state index is 0.111. The SMILES string of the molecule is CCOc1cc([C@@H](CC#N)n2sc3c(NC(C)=O)cccc3c2=O)ccc1OC. The first-order chi connectivity index (χ1) is 14.0. The van der Waals surface area contributed by atoms with Gasteiger partial charge in [0.15, 0.2) is 11.5 Å². The van der Waals surface area contributed by atoms with Crippen LogP contribution in [-0.2, 0) is 4.79 Å². The molecule has 0 saturated carbocycles. The van der Waals surface area contributed by atoms with Crippen LogP contribution in [0.1, 0.15) is 31.9 Å². The van der Waals surface area contributed by atoms with E-state index in [0.717, 1.165) is 5.56 Å². The lowest BCUT2D eigenvalue weighted by atomic mass is 10.0. The molecule has 1 atom stereocenters. The highest BCUT2D eigenvalue weighted by atomic mass is 32.1. The van der Waals surface area contributed by atoms with Crippen LogP contribution in [0.25, 0.3) is 10.1 Å². The average molecular weight is 411 g/mol. The van der Waals surface area contributed by atoms with Crippen molar-refractivity contribution in [3.05, 3.63) is 52.3 Å². The van der Waals surface area contributed by atoms with E-state index >= 15 is 0 Å². The fourth-order valence-electron chi connectivity index (χ4n) is 3.15. The zero-order valence-electron chi connectivity index (χ0n) is 16.4. The van der Waals surface area contributed by atoms with Gasteiger partial charge < -0.3 is 14.8 Å². The summed E-state index contributed by atoms with van der Waals surface area (Å²) >= 11 is 1.23. The lowest BCUT2D eigenvalue weighted by molar-refractivity contribution is -0.114. The number of carbonyl (C=O) groups excluding carboxylic acids is 1. The molecule has 0 aliphatic heterocycles. The van der Waals surface area contributed by atoms with Gasteiger partial charge in [0.2, 0.25) is 5.91 Å². The fraction of sp³-hybridized carbons (Fsp3) is 0.286. The molecule has 0 fully saturated rings. The van der Waals surface area contributed by atoms with Gasteiger partial charge in [-0.1, -0.05) is 23.7 Å². The predicted octanol–water partition coefficient (Wildman–Crippen LogP) is 3.93. The number of amides is 1. The van der Waals surface area contributed by atoms with Crippen molar-refractivity contribution in [1.29, 1.82) is 5.26 Å². The molecular formula is C21H21N3O4S. The highest BCUT2D eigenvalue weighted by molar-refractivity contribution is 7.14. The van der Waals surface area contributed by atoms with Gasteiger partial charge in [-0.15, -0.1) is 0 Å². The molecule has 0 bridgehead atoms. The normalized spacial score (nSPS) is 11.7. The highest BCUT2D eigenvalue weighted by Gasteiger charge is 2.22. The minimum atomic E-state index is -0.486. The van der Waals surface area contributed by atoms with Crippen molar-refractivity contribution in [2.75, 3.05) is 19.0 Å². The third-order valence-corrected chi connectivity index (χ3v) is 5.63. The lowest BCUT2D eigenvalue weighted by Gasteiger charge is -2.17. The summed E-state index contributed by atoms with van der Waals surface area (Å²) in [5, 5.41) is 12.7. The van der Waals surface area contributed by atoms with Gasteiger partial charge in [0, 0.05) is 6.92 Å². The van der Waals surface area contributed by atoms with Crippen LogP contribution in [0.4, 0.5) is 5.69 Å². The number of methoxy groups -OCH3 is 1. The quantitative estimate of drug-likeness (QED) is 0.636. The van der Waals surface area contributed by atoms with E-state index in [9.17, 15) is 14.9 Å². The Hall–Kier alpha value is -3.31. The highest BCUT2D eigenvalue weighted by Crippen LogP contribution is 2.35. The number of anilines is 1. The number of hydrogen-bond donors (Lipinski definition) is 1. The molecule has 7 nitrogen and oxygen atoms in total. The zero-order valence-corrected chi connectivity index (χ0v) is 17.2. The molecule has 2 aromatic carbocycles. The molecule has 0 aliphatic carbocycles. The van der Waals surface area contributed by atoms with E-state index < -0.39 is 6.04 Å². The van der Waals surface area contributed by atoms with E-state index in [0.29, 0.717) is 33.9 Å². The Bertz CT molecular complexity index is 1140. The van der Waals surface area contributed by atoms with Gasteiger partial charge >= 0.3 is 0 Å². The molecule has 0 radical (unpaired) electrons. The topological polar surface area (TPSA) is 93.4 Å². The van der Waals surface area contributed by atoms with Crippen LogP contribution < -0.4 is 20.3 Å². The van der Waals surface area contributed by atoms with Crippen LogP contribution in [0.2, 0.25) is 0 Å². The molecule has 3 rings (SSSR count). The molecule has 1 amide bonds. The van der Waals surface area contributed by atoms with Gasteiger partial charge in [0.05, 0.1) is 48.0 Å². The summed E-state index contributed by atoms with van der Waals surface area (Å²) in [5.41, 5.74) is 1.15. The van der Waals surface area contributed by atoms with Gasteiger partial charge in [0.1, 0.15) is 0 Å². The molecule has 3 aromatic rings. The maximum absolute atomic E-state index is 13.1. The summed E-state index contributed by atoms with van der Waals surface area (Å²) in [6.45, 7) is 3.76. The average Bonchev–Trinajstić information content (AvgIpc) is 3.03. The zero-order chi connectivity index (χ0) is 21.0. The van der Waals surface area contributed by atoms with E-state index in [1.54, 1.807) is 41.4 Å². The summed E-state index contributed by atoms with van der Waals surface area (Å²) in [6.07, 6.45) is 0.111. The summed E-state index contributed by atoms with van der Waals surface area (Å²) in [7, 11) is 1.56. The van der Waals surface area contributed by atoms with Crippen molar-refractivity contribution in [2.45, 2.75) is 26.3 Å². The van der Waals surface area contributed by atoms with E-state index in [1.807, 2.05) is 13.0 Å². The molecule has 0 aliphatic rings. The van der Waals surface area contributed by atoms with Crippen molar-refractivity contribution in [3.8, 4) is 17.6 Å². The molecule has 150 valence electrons. The van der Waals surface area contributed by atoms with E-state index in [-0.39, 0.29) is 17.9 Å². The maximum Gasteiger partial charge on any atom is 0.269 e. The summed E-state index contributed by atoms with van der Waals surface area (Å²) in [6, 6.07) is 12.3. The molecule has 8 heteroatoms. The van der Waals surface area contributed by atoms with Crippen LogP contribution in [0, 0.1) is 11.3 Å². The molecule has 1 heterocycles. The monoisotopic (exact) mass is 411 g/mol. The number of carbonyl (C=O) groups is 1. The Kier molecular flexibility index (Phi) is 6.20. The van der Waals surface area contributed by atoms with Gasteiger partial charge in [-0.25, -0.2) is 0 Å². The number of nitriles is 1. The first-order valence-electron chi connectivity index (χ1n) is 9.10. The molecule has 29 heavy (non-hydrogen) atoms. The third kappa shape index (κ3) is 4.10. The summed E-state index contributed by atoms with van der Waals surface area (Å²) in [4.78, 5) is 24.6. The Morgan fingerprint density at radius 1 is 1.31 bits per heavy atom. The second kappa shape index (κ2) is 8.80. The molecular weight excluding hydrogens is 390 g/mol. The Balaban J connectivity index is 2.15. The Morgan fingerprint density at radius 3 is 2.76 bits per heavy atom. The van der Waals surface area contributed by atoms with Crippen molar-refractivity contribution in [1.82, 2.24) is 3.96 Å². The van der Waals surface area contributed by atoms with E-state index in [1.165, 1.54) is 18.5 Å². The van der Waals surface area contributed by atoms with Crippen molar-refractivity contribution >= 4 is 33.2 Å². The van der Waals surface area contributed by atoms with Crippen LogP contribution in [-0.4, -0.2) is 23.6 Å². The van der Waals surface area contributed by atoms with Gasteiger partial charge in [-0.05, 0) is 36.8 Å². The fourth-order valence-corrected chi connectivity index (χ4v) is 4.32. The second-order valence-electron chi connectivity index (χ2n) is 6.31. The first kappa shape index (κ1) is 20.4. The Morgan fingerprint density at radius 2 is 2.10 bits per heavy atom. The number of hydrogen-bond acceptors (Lipinski definition) is 6. The minimum Gasteiger partial charge on any atom is -0.493 e. The van der Waals surface area contributed by atoms with Gasteiger partial charge in [-0.3, -0.25) is 13.5 Å². The van der Waals surface area contributed by atoms with Crippen molar-refractivity contribution in [3.63, 3.8) is 0 Å². The van der Waals surface area contributed by atoms with Crippen LogP contribution >= 0.6 is 11.5 Å². The van der Waals surface area contributed by atoms with E-state index in [4.69, 9.17) is 9.47 Å². The molecule has 0 spiro atoms. The Labute approximate surface area is 172 Å². The smallest absolute Gasteiger partial charge is 0.269 e. The lowest BCUT2D eigenvalue weighted by Crippen LogP contribution is -2.20. The predicted molar refractivity (Wildman–Crippen MR) is 113 cm³/mol. The molecule has 0 saturated heterocycles. The first-order valence-corrected chi connectivity index (χ1v) is 9.87. The summed E-state index contributed by atoms with van der Waals surface area (Å²) < 4.78 is 13.2. The van der Waals surface area contributed by atoms with Gasteiger partial charge in [0.25, 0.3) is 5.56 Å². The number of rotatable bonds is 7. The summed E-state index contributed by atoms with van der Waals surface area (Å²) in [5.74, 6) is 0.932. The van der Waals surface area contributed by atoms with Gasteiger partial charge in [-0.2, -0.15) is 5.26 Å². The number of ether oxygens (including phenoxy) is 2. The standard InChI is InChI=1S/C21H21N3O4S/c1-4-28-19-12-14(8-9-18(19)27-3)17(10-11-22)24-21(26)15-6-5-7-16(20(15)29-24)23-13(2)25/h5-9,12,17H,4,10H2,1-3H3,(H,23,25)/t17-/m1/s1. The molecule has 1 N–H and O–H groups in total. The number of aromatic nitrogens is 1. The van der Waals surface area contributed by atoms with Crippen molar-refractivity contribution in [2.24, 2.45) is 0 Å². The van der Waals surface area contributed by atoms with Crippen molar-refractivity contribution < 1.29 is 14.3 Å². The van der Waals surface area contributed by atoms with Crippen LogP contribution in [0.5, 0.6) is 11.5 Å². The number of benzene rings is 2. The number of nitrogens with one attached hydrogen (secondary N) is 1. The third-order valence-electron chi connectivity index (χ3n) is 4.39. The number of fused-ring (bicyclic) bond motifs is 1.